The van der Waals surface area contributed by atoms with Crippen molar-refractivity contribution in [1.29, 1.82) is 0 Å². The van der Waals surface area contributed by atoms with Crippen LogP contribution in [0.15, 0.2) is 54.6 Å². The first kappa shape index (κ1) is 12.6. The minimum absolute atomic E-state index is 0.618. The monoisotopic (exact) mass is 284 g/mol. The van der Waals surface area contributed by atoms with E-state index in [1.165, 1.54) is 25.1 Å². The molecule has 0 radical (unpaired) electrons. The standard InChI is InChI=1S/C17H16S2/c1-12(2)14-8-10-16(18-14)17-11-9-15(19-17)13-6-4-3-5-7-13/h3-12H,1-2H3. The summed E-state index contributed by atoms with van der Waals surface area (Å²) in [5, 5.41) is 0. The molecule has 2 heteroatoms. The number of hydrogen-bond donors (Lipinski definition) is 0. The highest BCUT2D eigenvalue weighted by Gasteiger charge is 2.08. The van der Waals surface area contributed by atoms with Crippen molar-refractivity contribution in [3.05, 3.63) is 59.5 Å². The van der Waals surface area contributed by atoms with Gasteiger partial charge in [-0.2, -0.15) is 0 Å². The fourth-order valence-electron chi connectivity index (χ4n) is 2.02. The van der Waals surface area contributed by atoms with Crippen molar-refractivity contribution < 1.29 is 0 Å². The van der Waals surface area contributed by atoms with Crippen LogP contribution in [0.2, 0.25) is 0 Å². The number of rotatable bonds is 3. The normalized spacial score (nSPS) is 11.1. The lowest BCUT2D eigenvalue weighted by atomic mass is 10.2. The number of hydrogen-bond acceptors (Lipinski definition) is 2. The average Bonchev–Trinajstić information content (AvgIpc) is 3.09. The maximum atomic E-state index is 2.26. The third-order valence-corrected chi connectivity index (χ3v) is 5.82. The van der Waals surface area contributed by atoms with Gasteiger partial charge in [0.05, 0.1) is 0 Å². The number of thiophene rings is 2. The van der Waals surface area contributed by atoms with Crippen LogP contribution in [-0.2, 0) is 0 Å². The topological polar surface area (TPSA) is 0 Å². The summed E-state index contributed by atoms with van der Waals surface area (Å²) in [4.78, 5) is 5.56. The van der Waals surface area contributed by atoms with E-state index < -0.39 is 0 Å². The van der Waals surface area contributed by atoms with Crippen LogP contribution in [-0.4, -0.2) is 0 Å². The van der Waals surface area contributed by atoms with Gasteiger partial charge in [-0.15, -0.1) is 22.7 Å². The van der Waals surface area contributed by atoms with Crippen molar-refractivity contribution in [3.63, 3.8) is 0 Å². The van der Waals surface area contributed by atoms with E-state index in [0.717, 1.165) is 0 Å². The van der Waals surface area contributed by atoms with E-state index in [1.54, 1.807) is 0 Å². The van der Waals surface area contributed by atoms with Gasteiger partial charge in [-0.25, -0.2) is 0 Å². The Bertz CT molecular complexity index is 659. The molecule has 0 spiro atoms. The second kappa shape index (κ2) is 5.32. The van der Waals surface area contributed by atoms with Gasteiger partial charge in [0.2, 0.25) is 0 Å². The zero-order valence-electron chi connectivity index (χ0n) is 11.1. The SMILES string of the molecule is CC(C)c1ccc(-c2ccc(-c3ccccc3)s2)s1. The Hall–Kier alpha value is -1.38. The largest absolute Gasteiger partial charge is 0.139 e. The highest BCUT2D eigenvalue weighted by Crippen LogP contribution is 2.38. The molecule has 0 aliphatic rings. The molecule has 0 N–H and O–H groups in total. The Kier molecular flexibility index (Phi) is 3.54. The van der Waals surface area contributed by atoms with Crippen LogP contribution < -0.4 is 0 Å². The molecule has 3 aromatic rings. The molecule has 1 aromatic carbocycles. The first-order valence-electron chi connectivity index (χ1n) is 6.49. The van der Waals surface area contributed by atoms with Crippen LogP contribution in [0.5, 0.6) is 0 Å². The smallest absolute Gasteiger partial charge is 0.0449 e. The van der Waals surface area contributed by atoms with Gasteiger partial charge in [0.1, 0.15) is 0 Å². The molecule has 0 fully saturated rings. The fourth-order valence-corrected chi connectivity index (χ4v) is 4.14. The Labute approximate surface area is 122 Å². The van der Waals surface area contributed by atoms with Crippen LogP contribution in [0.1, 0.15) is 24.6 Å². The van der Waals surface area contributed by atoms with Crippen LogP contribution in [0, 0.1) is 0 Å². The van der Waals surface area contributed by atoms with Gasteiger partial charge in [-0.3, -0.25) is 0 Å². The summed E-state index contributed by atoms with van der Waals surface area (Å²) in [6.07, 6.45) is 0. The zero-order chi connectivity index (χ0) is 13.2. The van der Waals surface area contributed by atoms with Crippen molar-refractivity contribution in [1.82, 2.24) is 0 Å². The Morgan fingerprint density at radius 1 is 0.684 bits per heavy atom. The average molecular weight is 284 g/mol. The maximum absolute atomic E-state index is 2.26. The zero-order valence-corrected chi connectivity index (χ0v) is 12.7. The van der Waals surface area contributed by atoms with Crippen LogP contribution in [0.25, 0.3) is 20.2 Å². The number of benzene rings is 1. The summed E-state index contributed by atoms with van der Waals surface area (Å²) in [5.41, 5.74) is 1.30. The van der Waals surface area contributed by atoms with Crippen molar-refractivity contribution in [2.45, 2.75) is 19.8 Å². The third-order valence-electron chi connectivity index (χ3n) is 3.10. The van der Waals surface area contributed by atoms with E-state index in [1.807, 2.05) is 22.7 Å². The molecule has 0 aliphatic heterocycles. The molecule has 2 heterocycles. The lowest BCUT2D eigenvalue weighted by Crippen LogP contribution is -1.77. The van der Waals surface area contributed by atoms with Gasteiger partial charge in [0.15, 0.2) is 0 Å². The predicted molar refractivity (Wildman–Crippen MR) is 87.2 cm³/mol. The minimum atomic E-state index is 0.618. The second-order valence-corrected chi connectivity index (χ2v) is 7.09. The van der Waals surface area contributed by atoms with E-state index in [2.05, 4.69) is 68.4 Å². The summed E-state index contributed by atoms with van der Waals surface area (Å²) in [6.45, 7) is 4.50. The molecular weight excluding hydrogens is 268 g/mol. The molecule has 0 unspecified atom stereocenters. The highest BCUT2D eigenvalue weighted by molar-refractivity contribution is 7.23. The molecule has 19 heavy (non-hydrogen) atoms. The van der Waals surface area contributed by atoms with Crippen LogP contribution in [0.3, 0.4) is 0 Å². The van der Waals surface area contributed by atoms with Crippen LogP contribution >= 0.6 is 22.7 Å². The molecule has 0 atom stereocenters. The van der Waals surface area contributed by atoms with E-state index in [9.17, 15) is 0 Å². The summed E-state index contributed by atoms with van der Waals surface area (Å²) >= 11 is 3.79. The first-order chi connectivity index (χ1) is 9.24. The minimum Gasteiger partial charge on any atom is -0.139 e. The van der Waals surface area contributed by atoms with Gasteiger partial charge in [0.25, 0.3) is 0 Å². The van der Waals surface area contributed by atoms with Crippen LogP contribution in [0.4, 0.5) is 0 Å². The van der Waals surface area contributed by atoms with E-state index in [4.69, 9.17) is 0 Å². The van der Waals surface area contributed by atoms with Gasteiger partial charge < -0.3 is 0 Å². The van der Waals surface area contributed by atoms with Gasteiger partial charge in [-0.1, -0.05) is 44.2 Å². The molecular formula is C17H16S2. The van der Waals surface area contributed by atoms with E-state index in [0.29, 0.717) is 5.92 Å². The molecule has 0 saturated carbocycles. The lowest BCUT2D eigenvalue weighted by molar-refractivity contribution is 0.890. The van der Waals surface area contributed by atoms with Crippen molar-refractivity contribution in [2.24, 2.45) is 0 Å². The summed E-state index contributed by atoms with van der Waals surface area (Å²) in [6, 6.07) is 19.6. The fraction of sp³-hybridized carbons (Fsp3) is 0.176. The Morgan fingerprint density at radius 3 is 2.00 bits per heavy atom. The molecule has 0 bridgehead atoms. The lowest BCUT2D eigenvalue weighted by Gasteiger charge is -1.97. The summed E-state index contributed by atoms with van der Waals surface area (Å²) in [5.74, 6) is 0.618. The quantitative estimate of drug-likeness (QED) is 0.532. The van der Waals surface area contributed by atoms with E-state index >= 15 is 0 Å². The van der Waals surface area contributed by atoms with Crippen molar-refractivity contribution in [2.75, 3.05) is 0 Å². The first-order valence-corrected chi connectivity index (χ1v) is 8.12. The van der Waals surface area contributed by atoms with Gasteiger partial charge >= 0.3 is 0 Å². The predicted octanol–water partition coefficient (Wildman–Crippen LogP) is 6.27. The molecule has 0 aliphatic carbocycles. The molecule has 0 nitrogen and oxygen atoms in total. The Morgan fingerprint density at radius 2 is 1.32 bits per heavy atom. The Balaban J connectivity index is 1.92. The van der Waals surface area contributed by atoms with Crippen molar-refractivity contribution in [3.8, 4) is 20.2 Å². The molecule has 96 valence electrons. The second-order valence-electron chi connectivity index (χ2n) is 4.89. The van der Waals surface area contributed by atoms with Crippen molar-refractivity contribution >= 4 is 22.7 Å². The van der Waals surface area contributed by atoms with Gasteiger partial charge in [-0.05, 0) is 35.7 Å². The summed E-state index contributed by atoms with van der Waals surface area (Å²) < 4.78 is 0. The molecule has 0 saturated heterocycles. The third kappa shape index (κ3) is 2.65. The summed E-state index contributed by atoms with van der Waals surface area (Å²) in [7, 11) is 0. The van der Waals surface area contributed by atoms with E-state index in [-0.39, 0.29) is 0 Å². The molecule has 0 amide bonds. The highest BCUT2D eigenvalue weighted by atomic mass is 32.1. The maximum Gasteiger partial charge on any atom is 0.0449 e. The van der Waals surface area contributed by atoms with Gasteiger partial charge in [0, 0.05) is 19.5 Å². The molecule has 3 rings (SSSR count). The molecule has 2 aromatic heterocycles.